The Kier molecular flexibility index (Phi) is 28.0. The van der Waals surface area contributed by atoms with Gasteiger partial charge in [-0.25, -0.2) is 4.79 Å². The third-order valence-electron chi connectivity index (χ3n) is 10.4. The molecule has 0 fully saturated rings. The van der Waals surface area contributed by atoms with Gasteiger partial charge in [0.05, 0.1) is 26.2 Å². The molecule has 1 aromatic rings. The molecule has 0 spiro atoms. The molecule has 0 unspecified atom stereocenters. The SMILES string of the molecule is CC(C)C[C@H](NC(=O)[C@H](CO)NC(=O)[C@H](CCCCN)NC(=O)[C@H](CC(C)C)NC(=O)[C@H](CC(N)=O)NC(=O)[C@H](CCC(=O)O)NC(=O)[C@H](CO)NC(=O)CN)C(=O)N[C@@H](Cc1ccc(O)cc1)C(=O)O. The number of phenols is 1. The van der Waals surface area contributed by atoms with E-state index in [1.165, 1.54) is 24.3 Å². The average Bonchev–Trinajstić information content (AvgIpc) is 3.29. The van der Waals surface area contributed by atoms with E-state index in [0.29, 0.717) is 12.0 Å². The van der Waals surface area contributed by atoms with Crippen molar-refractivity contribution in [3.05, 3.63) is 29.8 Å². The van der Waals surface area contributed by atoms with Crippen LogP contribution in [0.25, 0.3) is 0 Å². The molecule has 0 radical (unpaired) electrons. The molecule has 0 saturated carbocycles. The quantitative estimate of drug-likeness (QED) is 0.0287. The molecular formula is C44H71N11O16. The summed E-state index contributed by atoms with van der Waals surface area (Å²) in [6.07, 6.45) is -1.86. The highest BCUT2D eigenvalue weighted by atomic mass is 16.4. The highest BCUT2D eigenvalue weighted by Gasteiger charge is 2.35. The predicted octanol–water partition coefficient (Wildman–Crippen LogP) is -5.20. The zero-order valence-electron chi connectivity index (χ0n) is 40.2. The van der Waals surface area contributed by atoms with Gasteiger partial charge in [-0.05, 0) is 74.6 Å². The number of benzene rings is 1. The van der Waals surface area contributed by atoms with Crippen molar-refractivity contribution in [1.82, 2.24) is 42.5 Å². The maximum absolute atomic E-state index is 14.0. The standard InChI is InChI=1S/C44H71N11O16/c1-22(2)15-28(51-41(67)30(18-34(47)59)53-38(64)27(12-13-36(61)62)50-42(68)32(20-56)48-35(60)19-46)39(65)49-26(7-5-6-14-45)37(63)55-33(21-57)43(69)52-29(16-23(3)4)40(66)54-31(44(70)71)17-24-8-10-25(58)11-9-24/h8-11,22-23,26-33,56-58H,5-7,12-21,45-46H2,1-4H3,(H2,47,59)(H,48,60)(H,49,65)(H,50,68)(H,51,67)(H,52,69)(H,53,64)(H,54,66)(H,55,63)(H,61,62)(H,70,71)/t26-,27-,28-,29-,30-,31-,32-,33-/m0/s1. The number of carbonyl (C=O) groups is 11. The fourth-order valence-corrected chi connectivity index (χ4v) is 6.73. The number of primary amides is 1. The normalized spacial score (nSPS) is 14.5. The molecule has 1 rings (SSSR count). The number of nitrogens with two attached hydrogens (primary N) is 3. The maximum atomic E-state index is 14.0. The van der Waals surface area contributed by atoms with E-state index in [9.17, 15) is 78.3 Å². The van der Waals surface area contributed by atoms with E-state index in [1.54, 1.807) is 27.7 Å². The molecule has 19 N–H and O–H groups in total. The molecule has 0 aromatic heterocycles. The number of phenolic OH excluding ortho intramolecular Hbond substituents is 1. The summed E-state index contributed by atoms with van der Waals surface area (Å²) in [5.74, 6) is -12.7. The third-order valence-corrected chi connectivity index (χ3v) is 10.4. The Bertz CT molecular complexity index is 1990. The Morgan fingerprint density at radius 1 is 0.521 bits per heavy atom. The van der Waals surface area contributed by atoms with Gasteiger partial charge in [-0.2, -0.15) is 0 Å². The lowest BCUT2D eigenvalue weighted by Crippen LogP contribution is -2.61. The van der Waals surface area contributed by atoms with Crippen molar-refractivity contribution in [2.45, 2.75) is 134 Å². The van der Waals surface area contributed by atoms with Crippen LogP contribution in [0.15, 0.2) is 24.3 Å². The van der Waals surface area contributed by atoms with Crippen LogP contribution in [-0.2, 0) is 59.2 Å². The second-order valence-corrected chi connectivity index (χ2v) is 17.5. The Morgan fingerprint density at radius 2 is 0.915 bits per heavy atom. The van der Waals surface area contributed by atoms with Crippen molar-refractivity contribution in [2.24, 2.45) is 29.0 Å². The van der Waals surface area contributed by atoms with E-state index in [1.807, 2.05) is 0 Å². The lowest BCUT2D eigenvalue weighted by atomic mass is 10.0. The number of rotatable bonds is 34. The summed E-state index contributed by atoms with van der Waals surface area (Å²) in [5.41, 5.74) is 16.8. The molecule has 0 bridgehead atoms. The van der Waals surface area contributed by atoms with Crippen molar-refractivity contribution in [2.75, 3.05) is 26.3 Å². The number of hydrogen-bond donors (Lipinski definition) is 16. The number of amides is 9. The summed E-state index contributed by atoms with van der Waals surface area (Å²) < 4.78 is 0. The largest absolute Gasteiger partial charge is 0.508 e. The molecule has 9 amide bonds. The van der Waals surface area contributed by atoms with E-state index in [4.69, 9.17) is 17.2 Å². The van der Waals surface area contributed by atoms with Crippen molar-refractivity contribution >= 4 is 65.1 Å². The Labute approximate surface area is 409 Å². The van der Waals surface area contributed by atoms with Crippen molar-refractivity contribution in [3.63, 3.8) is 0 Å². The molecular weight excluding hydrogens is 939 g/mol. The summed E-state index contributed by atoms with van der Waals surface area (Å²) in [6.45, 7) is 4.50. The summed E-state index contributed by atoms with van der Waals surface area (Å²) in [5, 5.41) is 67.3. The van der Waals surface area contributed by atoms with E-state index >= 15 is 0 Å². The van der Waals surface area contributed by atoms with Crippen LogP contribution in [0.1, 0.15) is 84.6 Å². The zero-order valence-corrected chi connectivity index (χ0v) is 40.2. The fourth-order valence-electron chi connectivity index (χ4n) is 6.73. The number of carbonyl (C=O) groups excluding carboxylic acids is 9. The number of hydrogen-bond acceptors (Lipinski definition) is 16. The molecule has 0 aliphatic carbocycles. The summed E-state index contributed by atoms with van der Waals surface area (Å²) >= 11 is 0. The second-order valence-electron chi connectivity index (χ2n) is 17.5. The number of carboxylic acid groups (broad SMARTS) is 2. The van der Waals surface area contributed by atoms with Gasteiger partial charge >= 0.3 is 11.9 Å². The molecule has 71 heavy (non-hydrogen) atoms. The first kappa shape index (κ1) is 62.0. The molecule has 0 aliphatic rings. The van der Waals surface area contributed by atoms with Crippen LogP contribution in [-0.4, -0.2) is 165 Å². The zero-order chi connectivity index (χ0) is 54.0. The van der Waals surface area contributed by atoms with E-state index < -0.39 is 152 Å². The lowest BCUT2D eigenvalue weighted by Gasteiger charge is -2.28. The molecule has 0 heterocycles. The predicted molar refractivity (Wildman–Crippen MR) is 251 cm³/mol. The highest BCUT2D eigenvalue weighted by molar-refractivity contribution is 5.99. The summed E-state index contributed by atoms with van der Waals surface area (Å²) in [6, 6.07) is -6.96. The van der Waals surface area contributed by atoms with Gasteiger partial charge in [-0.3, -0.25) is 47.9 Å². The van der Waals surface area contributed by atoms with Gasteiger partial charge in [0.25, 0.3) is 0 Å². The minimum absolute atomic E-state index is 0.00333. The first-order valence-electron chi connectivity index (χ1n) is 22.9. The van der Waals surface area contributed by atoms with Gasteiger partial charge in [0.2, 0.25) is 53.2 Å². The number of unbranched alkanes of at least 4 members (excludes halogenated alkanes) is 1. The monoisotopic (exact) mass is 1010 g/mol. The van der Waals surface area contributed by atoms with Crippen LogP contribution in [0, 0.1) is 11.8 Å². The summed E-state index contributed by atoms with van der Waals surface area (Å²) in [4.78, 5) is 142. The Hall–Kier alpha value is -6.97. The summed E-state index contributed by atoms with van der Waals surface area (Å²) in [7, 11) is 0. The number of nitrogens with one attached hydrogen (secondary N) is 8. The van der Waals surface area contributed by atoms with Crippen LogP contribution in [0.4, 0.5) is 0 Å². The van der Waals surface area contributed by atoms with E-state index in [2.05, 4.69) is 42.5 Å². The molecule has 27 heteroatoms. The number of carboxylic acids is 2. The van der Waals surface area contributed by atoms with E-state index in [0.717, 1.165) is 0 Å². The van der Waals surface area contributed by atoms with E-state index in [-0.39, 0.29) is 56.2 Å². The minimum Gasteiger partial charge on any atom is -0.508 e. The Morgan fingerprint density at radius 3 is 1.34 bits per heavy atom. The first-order valence-corrected chi connectivity index (χ1v) is 22.9. The van der Waals surface area contributed by atoms with Crippen LogP contribution in [0.5, 0.6) is 5.75 Å². The van der Waals surface area contributed by atoms with Crippen molar-refractivity contribution in [1.29, 1.82) is 0 Å². The molecule has 27 nitrogen and oxygen atoms in total. The molecule has 0 aliphatic heterocycles. The van der Waals surface area contributed by atoms with Crippen molar-refractivity contribution in [3.8, 4) is 5.75 Å². The van der Waals surface area contributed by atoms with Gasteiger partial charge in [-0.1, -0.05) is 39.8 Å². The smallest absolute Gasteiger partial charge is 0.326 e. The second kappa shape index (κ2) is 32.0. The first-order chi connectivity index (χ1) is 33.3. The van der Waals surface area contributed by atoms with Gasteiger partial charge in [0.15, 0.2) is 0 Å². The number of aliphatic hydroxyl groups is 2. The van der Waals surface area contributed by atoms with Crippen LogP contribution < -0.4 is 59.7 Å². The van der Waals surface area contributed by atoms with Crippen LogP contribution in [0.2, 0.25) is 0 Å². The third kappa shape index (κ3) is 23.9. The van der Waals surface area contributed by atoms with Crippen LogP contribution >= 0.6 is 0 Å². The fraction of sp³-hybridized carbons (Fsp3) is 0.614. The number of aliphatic hydroxyl groups excluding tert-OH is 2. The highest BCUT2D eigenvalue weighted by Crippen LogP contribution is 2.14. The topological polar surface area (TPSA) is 463 Å². The molecule has 398 valence electrons. The minimum atomic E-state index is -1.83. The van der Waals surface area contributed by atoms with Gasteiger partial charge in [-0.15, -0.1) is 0 Å². The maximum Gasteiger partial charge on any atom is 0.326 e. The Balaban J connectivity index is 3.37. The molecule has 8 atom stereocenters. The van der Waals surface area contributed by atoms with Crippen molar-refractivity contribution < 1.29 is 78.3 Å². The van der Waals surface area contributed by atoms with Crippen LogP contribution in [0.3, 0.4) is 0 Å². The van der Waals surface area contributed by atoms with Gasteiger partial charge in [0, 0.05) is 12.8 Å². The average molecular weight is 1010 g/mol. The van der Waals surface area contributed by atoms with Gasteiger partial charge in [0.1, 0.15) is 54.1 Å². The van der Waals surface area contributed by atoms with Gasteiger partial charge < -0.3 is 85.3 Å². The lowest BCUT2D eigenvalue weighted by molar-refractivity contribution is -0.142. The molecule has 0 saturated heterocycles. The molecule has 1 aromatic carbocycles. The number of aromatic hydroxyl groups is 1. The number of aliphatic carboxylic acids is 2.